The number of ether oxygens (including phenoxy) is 2. The fraction of sp³-hybridized carbons (Fsp3) is 0.583. The molecule has 0 spiro atoms. The lowest BCUT2D eigenvalue weighted by atomic mass is 9.94. The van der Waals surface area contributed by atoms with Crippen molar-refractivity contribution in [2.24, 2.45) is 0 Å². The van der Waals surface area contributed by atoms with Crippen LogP contribution in [0.4, 0.5) is 4.79 Å². The summed E-state index contributed by atoms with van der Waals surface area (Å²) in [6.45, 7) is 10.9. The van der Waals surface area contributed by atoms with Gasteiger partial charge in [-0.25, -0.2) is 9.59 Å². The molecular formula is C36H51N5O9S. The molecule has 3 N–H and O–H groups in total. The number of nitrogens with zero attached hydrogens (tertiary/aromatic N) is 2. The van der Waals surface area contributed by atoms with Crippen molar-refractivity contribution in [3.63, 3.8) is 0 Å². The molecule has 2 aliphatic heterocycles. The summed E-state index contributed by atoms with van der Waals surface area (Å²) in [7, 11) is 0. The Morgan fingerprint density at radius 1 is 0.882 bits per heavy atom. The Morgan fingerprint density at radius 2 is 1.55 bits per heavy atom. The molecule has 1 aromatic carbocycles. The third-order valence-electron chi connectivity index (χ3n) is 7.87. The van der Waals surface area contributed by atoms with Crippen LogP contribution >= 0.6 is 11.8 Å². The van der Waals surface area contributed by atoms with Crippen LogP contribution in [0.5, 0.6) is 0 Å². The Bertz CT molecular complexity index is 1500. The highest BCUT2D eigenvalue weighted by Gasteiger charge is 2.31. The molecule has 2 unspecified atom stereocenters. The van der Waals surface area contributed by atoms with Gasteiger partial charge >= 0.3 is 12.1 Å². The van der Waals surface area contributed by atoms with Crippen molar-refractivity contribution in [1.82, 2.24) is 25.8 Å². The average Bonchev–Trinajstić information content (AvgIpc) is 3.36. The molecule has 0 bridgehead atoms. The minimum atomic E-state index is -1.03. The molecule has 0 saturated heterocycles. The summed E-state index contributed by atoms with van der Waals surface area (Å²) in [5, 5.41) is 8.03. The number of esters is 1. The Balaban J connectivity index is 1.60. The van der Waals surface area contributed by atoms with Gasteiger partial charge in [-0.2, -0.15) is 11.8 Å². The highest BCUT2D eigenvalue weighted by atomic mass is 32.2. The van der Waals surface area contributed by atoms with Crippen LogP contribution in [0, 0.1) is 0 Å². The van der Waals surface area contributed by atoms with Crippen LogP contribution in [-0.4, -0.2) is 106 Å². The van der Waals surface area contributed by atoms with Crippen LogP contribution < -0.4 is 16.0 Å². The summed E-state index contributed by atoms with van der Waals surface area (Å²) < 4.78 is 11.0. The third kappa shape index (κ3) is 13.0. The van der Waals surface area contributed by atoms with Gasteiger partial charge in [0.05, 0.1) is 6.54 Å². The van der Waals surface area contributed by atoms with Crippen LogP contribution in [-0.2, 0) is 46.4 Å². The highest BCUT2D eigenvalue weighted by Crippen LogP contribution is 2.24. The topological polar surface area (TPSA) is 181 Å². The van der Waals surface area contributed by atoms with Gasteiger partial charge in [-0.05, 0) is 103 Å². The number of carbonyl (C=O) groups excluding carboxylic acids is 7. The molecule has 2 aliphatic rings. The Hall–Kier alpha value is -4.40. The number of imide groups is 1. The molecule has 2 atom stereocenters. The van der Waals surface area contributed by atoms with Gasteiger partial charge in [0, 0.05) is 37.3 Å². The minimum Gasteiger partial charge on any atom is -0.458 e. The molecule has 51 heavy (non-hydrogen) atoms. The molecule has 2 heterocycles. The SMILES string of the molecule is CSCCC(NC(=O)c1cccc2c1CCN(C(=O)OC(C)(C)C)C2)C(=O)NCC(=O)NC(CCCCN1C(=O)C=CC1=O)C(=O)OC(C)(C)C. The zero-order valence-corrected chi connectivity index (χ0v) is 31.4. The lowest BCUT2D eigenvalue weighted by Gasteiger charge is -2.32. The highest BCUT2D eigenvalue weighted by molar-refractivity contribution is 7.98. The van der Waals surface area contributed by atoms with Crippen molar-refractivity contribution in [3.8, 4) is 0 Å². The lowest BCUT2D eigenvalue weighted by molar-refractivity contribution is -0.159. The number of carbonyl (C=O) groups is 7. The first-order chi connectivity index (χ1) is 23.9. The molecule has 0 aromatic heterocycles. The van der Waals surface area contributed by atoms with Crippen LogP contribution in [0.25, 0.3) is 0 Å². The normalized spacial score (nSPS) is 15.5. The number of rotatable bonds is 15. The van der Waals surface area contributed by atoms with E-state index in [1.54, 1.807) is 58.6 Å². The maximum atomic E-state index is 13.5. The van der Waals surface area contributed by atoms with E-state index in [0.29, 0.717) is 43.5 Å². The van der Waals surface area contributed by atoms with Crippen molar-refractivity contribution in [3.05, 3.63) is 47.0 Å². The smallest absolute Gasteiger partial charge is 0.410 e. The number of nitrogens with one attached hydrogen (secondary N) is 3. The molecule has 280 valence electrons. The molecule has 0 fully saturated rings. The summed E-state index contributed by atoms with van der Waals surface area (Å²) in [5.41, 5.74) is 0.570. The largest absolute Gasteiger partial charge is 0.458 e. The van der Waals surface area contributed by atoms with Crippen LogP contribution in [0.15, 0.2) is 30.4 Å². The molecular weight excluding hydrogens is 678 g/mol. The van der Waals surface area contributed by atoms with E-state index in [1.165, 1.54) is 23.9 Å². The second-order valence-electron chi connectivity index (χ2n) is 14.4. The van der Waals surface area contributed by atoms with E-state index in [0.717, 1.165) is 16.0 Å². The predicted octanol–water partition coefficient (Wildman–Crippen LogP) is 2.87. The standard InChI is InChI=1S/C36H51N5O9S/c1-35(2,3)49-33(47)27(13-8-9-18-41-29(43)14-15-30(41)44)38-28(42)21-37-32(46)26(17-20-51-7)39-31(45)25-12-10-11-23-22-40(19-16-24(23)25)34(48)50-36(4,5)6/h10-12,14-15,26-27H,8-9,13,16-22H2,1-7H3,(H,37,46)(H,38,42)(H,39,45). The van der Waals surface area contributed by atoms with Crippen LogP contribution in [0.2, 0.25) is 0 Å². The molecule has 14 nitrogen and oxygen atoms in total. The number of unbranched alkanes of at least 4 members (excludes halogenated alkanes) is 1. The van der Waals surface area contributed by atoms with Gasteiger partial charge in [0.15, 0.2) is 0 Å². The minimum absolute atomic E-state index is 0.176. The number of thioether (sulfide) groups is 1. The first-order valence-electron chi connectivity index (χ1n) is 17.1. The second kappa shape index (κ2) is 18.2. The summed E-state index contributed by atoms with van der Waals surface area (Å²) in [5.74, 6) is -2.51. The van der Waals surface area contributed by atoms with E-state index in [-0.39, 0.29) is 19.5 Å². The summed E-state index contributed by atoms with van der Waals surface area (Å²) in [4.78, 5) is 91.8. The molecule has 15 heteroatoms. The quantitative estimate of drug-likeness (QED) is 0.138. The van der Waals surface area contributed by atoms with Crippen LogP contribution in [0.3, 0.4) is 0 Å². The second-order valence-corrected chi connectivity index (χ2v) is 15.4. The number of benzene rings is 1. The van der Waals surface area contributed by atoms with Crippen molar-refractivity contribution >= 4 is 53.4 Å². The monoisotopic (exact) mass is 729 g/mol. The van der Waals surface area contributed by atoms with E-state index < -0.39 is 71.4 Å². The zero-order valence-electron chi connectivity index (χ0n) is 30.6. The maximum Gasteiger partial charge on any atom is 0.410 e. The van der Waals surface area contributed by atoms with Crippen molar-refractivity contribution < 1.29 is 43.0 Å². The van der Waals surface area contributed by atoms with Crippen molar-refractivity contribution in [1.29, 1.82) is 0 Å². The summed E-state index contributed by atoms with van der Waals surface area (Å²) >= 11 is 1.50. The molecule has 0 aliphatic carbocycles. The van der Waals surface area contributed by atoms with Crippen molar-refractivity contribution in [2.45, 2.75) is 103 Å². The summed E-state index contributed by atoms with van der Waals surface area (Å²) in [6, 6.07) is 3.30. The first-order valence-corrected chi connectivity index (χ1v) is 18.5. The van der Waals surface area contributed by atoms with Crippen molar-refractivity contribution in [2.75, 3.05) is 31.6 Å². The van der Waals surface area contributed by atoms with Gasteiger partial charge in [-0.15, -0.1) is 0 Å². The Morgan fingerprint density at radius 3 is 2.18 bits per heavy atom. The number of amides is 6. The predicted molar refractivity (Wildman–Crippen MR) is 192 cm³/mol. The van der Waals surface area contributed by atoms with E-state index >= 15 is 0 Å². The van der Waals surface area contributed by atoms with Gasteiger partial charge in [0.2, 0.25) is 11.8 Å². The van der Waals surface area contributed by atoms with Gasteiger partial charge in [0.1, 0.15) is 23.3 Å². The average molecular weight is 730 g/mol. The number of hydrogen-bond acceptors (Lipinski definition) is 10. The number of hydrogen-bond donors (Lipinski definition) is 3. The molecule has 1 aromatic rings. The molecule has 0 radical (unpaired) electrons. The van der Waals surface area contributed by atoms with E-state index in [1.807, 2.05) is 12.3 Å². The summed E-state index contributed by atoms with van der Waals surface area (Å²) in [6.07, 6.45) is 5.59. The van der Waals surface area contributed by atoms with Gasteiger partial charge in [-0.1, -0.05) is 12.1 Å². The molecule has 6 amide bonds. The van der Waals surface area contributed by atoms with E-state index in [2.05, 4.69) is 16.0 Å². The fourth-order valence-corrected chi connectivity index (χ4v) is 5.94. The van der Waals surface area contributed by atoms with Gasteiger partial charge < -0.3 is 30.3 Å². The zero-order chi connectivity index (χ0) is 37.9. The van der Waals surface area contributed by atoms with E-state index in [4.69, 9.17) is 9.47 Å². The fourth-order valence-electron chi connectivity index (χ4n) is 5.47. The maximum absolute atomic E-state index is 13.5. The molecule has 0 saturated carbocycles. The Kier molecular flexibility index (Phi) is 14.6. The van der Waals surface area contributed by atoms with Gasteiger partial charge in [0.25, 0.3) is 17.7 Å². The first kappa shape index (κ1) is 41.0. The molecule has 3 rings (SSSR count). The van der Waals surface area contributed by atoms with Crippen LogP contribution in [0.1, 0.15) is 88.7 Å². The van der Waals surface area contributed by atoms with Gasteiger partial charge in [-0.3, -0.25) is 28.9 Å². The lowest BCUT2D eigenvalue weighted by Crippen LogP contribution is -2.51. The number of fused-ring (bicyclic) bond motifs is 1. The third-order valence-corrected chi connectivity index (χ3v) is 8.51. The Labute approximate surface area is 303 Å². The van der Waals surface area contributed by atoms with E-state index in [9.17, 15) is 33.6 Å².